The van der Waals surface area contributed by atoms with Crippen molar-refractivity contribution in [1.29, 1.82) is 0 Å². The lowest BCUT2D eigenvalue weighted by Gasteiger charge is -2.37. The van der Waals surface area contributed by atoms with Crippen LogP contribution in [-0.4, -0.2) is 11.9 Å². The predicted octanol–water partition coefficient (Wildman–Crippen LogP) is 4.90. The van der Waals surface area contributed by atoms with Gasteiger partial charge >= 0.3 is 6.18 Å². The number of alkyl halides is 3. The van der Waals surface area contributed by atoms with Gasteiger partial charge < -0.3 is 5.32 Å². The van der Waals surface area contributed by atoms with Gasteiger partial charge in [0.2, 0.25) is 0 Å². The molecule has 0 saturated heterocycles. The van der Waals surface area contributed by atoms with Crippen molar-refractivity contribution in [3.05, 3.63) is 35.4 Å². The summed E-state index contributed by atoms with van der Waals surface area (Å²) in [6, 6.07) is 4.64. The van der Waals surface area contributed by atoms with Crippen molar-refractivity contribution >= 4 is 5.91 Å². The third kappa shape index (κ3) is 4.49. The minimum absolute atomic E-state index is 0.0285. The molecule has 1 aromatic rings. The molecule has 1 saturated carbocycles. The molecule has 1 N–H and O–H groups in total. The summed E-state index contributed by atoms with van der Waals surface area (Å²) in [6.45, 7) is 6.41. The van der Waals surface area contributed by atoms with Gasteiger partial charge in [0.15, 0.2) is 0 Å². The van der Waals surface area contributed by atoms with E-state index < -0.39 is 17.6 Å². The first-order chi connectivity index (χ1) is 10.7. The average molecular weight is 327 g/mol. The molecular formula is C18H24F3NO. The van der Waals surface area contributed by atoms with E-state index >= 15 is 0 Å². The molecule has 1 aliphatic rings. The minimum Gasteiger partial charge on any atom is -0.349 e. The maximum atomic E-state index is 12.8. The molecule has 23 heavy (non-hydrogen) atoms. The summed E-state index contributed by atoms with van der Waals surface area (Å²) in [7, 11) is 0. The van der Waals surface area contributed by atoms with Crippen LogP contribution >= 0.6 is 0 Å². The molecule has 0 bridgehead atoms. The molecule has 1 aromatic carbocycles. The lowest BCUT2D eigenvalue weighted by atomic mass is 9.74. The zero-order valence-corrected chi connectivity index (χ0v) is 13.8. The number of nitrogens with one attached hydrogen (secondary N) is 1. The van der Waals surface area contributed by atoms with Crippen LogP contribution in [0.5, 0.6) is 0 Å². The molecule has 0 aliphatic heterocycles. The van der Waals surface area contributed by atoms with Gasteiger partial charge in [-0.25, -0.2) is 0 Å². The van der Waals surface area contributed by atoms with Crippen molar-refractivity contribution in [3.8, 4) is 0 Å². The molecule has 0 unspecified atom stereocenters. The highest BCUT2D eigenvalue weighted by molar-refractivity contribution is 5.94. The Hall–Kier alpha value is -1.52. The number of benzene rings is 1. The lowest BCUT2D eigenvalue weighted by Crippen LogP contribution is -2.45. The fraction of sp³-hybridized carbons (Fsp3) is 0.611. The van der Waals surface area contributed by atoms with Crippen molar-refractivity contribution < 1.29 is 18.0 Å². The number of halogens is 3. The summed E-state index contributed by atoms with van der Waals surface area (Å²) in [4.78, 5) is 12.4. The van der Waals surface area contributed by atoms with E-state index in [1.54, 1.807) is 0 Å². The Morgan fingerprint density at radius 3 is 2.57 bits per heavy atom. The van der Waals surface area contributed by atoms with Gasteiger partial charge in [-0.3, -0.25) is 4.79 Å². The molecule has 0 radical (unpaired) electrons. The van der Waals surface area contributed by atoms with E-state index in [1.807, 2.05) is 0 Å². The highest BCUT2D eigenvalue weighted by Gasteiger charge is 2.33. The first kappa shape index (κ1) is 17.8. The lowest BCUT2D eigenvalue weighted by molar-refractivity contribution is -0.137. The number of amides is 1. The molecule has 2 nitrogen and oxygen atoms in total. The molecule has 1 aliphatic carbocycles. The van der Waals surface area contributed by atoms with E-state index in [0.717, 1.165) is 31.4 Å². The van der Waals surface area contributed by atoms with Crippen LogP contribution in [0.3, 0.4) is 0 Å². The summed E-state index contributed by atoms with van der Waals surface area (Å²) in [5.74, 6) is 0.924. The topological polar surface area (TPSA) is 29.1 Å². The van der Waals surface area contributed by atoms with Crippen LogP contribution in [0.4, 0.5) is 13.2 Å². The molecule has 5 heteroatoms. The maximum absolute atomic E-state index is 12.8. The summed E-state index contributed by atoms with van der Waals surface area (Å²) in [5, 5.41) is 2.97. The van der Waals surface area contributed by atoms with Gasteiger partial charge in [0, 0.05) is 11.6 Å². The second-order valence-electron chi connectivity index (χ2n) is 6.98. The van der Waals surface area contributed by atoms with E-state index in [-0.39, 0.29) is 11.6 Å². The normalized spacial score (nSPS) is 25.4. The van der Waals surface area contributed by atoms with Crippen LogP contribution in [0.15, 0.2) is 24.3 Å². The molecule has 0 heterocycles. The number of carbonyl (C=O) groups is 1. The average Bonchev–Trinajstić information content (AvgIpc) is 2.46. The highest BCUT2D eigenvalue weighted by Crippen LogP contribution is 2.34. The van der Waals surface area contributed by atoms with Crippen molar-refractivity contribution in [1.82, 2.24) is 5.32 Å². The Morgan fingerprint density at radius 1 is 1.26 bits per heavy atom. The molecule has 0 spiro atoms. The zero-order valence-electron chi connectivity index (χ0n) is 13.8. The van der Waals surface area contributed by atoms with E-state index in [1.165, 1.54) is 12.1 Å². The van der Waals surface area contributed by atoms with Crippen LogP contribution in [0.25, 0.3) is 0 Å². The smallest absolute Gasteiger partial charge is 0.349 e. The SMILES string of the molecule is CC(C)[C@H]1CC[C@@H](C)C[C@@H]1NC(=O)c1cccc(C(F)(F)F)c1. The number of rotatable bonds is 3. The van der Waals surface area contributed by atoms with Crippen molar-refractivity contribution in [3.63, 3.8) is 0 Å². The molecule has 1 amide bonds. The van der Waals surface area contributed by atoms with E-state index in [9.17, 15) is 18.0 Å². The van der Waals surface area contributed by atoms with Crippen LogP contribution in [0.1, 0.15) is 56.0 Å². The van der Waals surface area contributed by atoms with Gasteiger partial charge in [-0.2, -0.15) is 13.2 Å². The third-order valence-corrected chi connectivity index (χ3v) is 4.79. The predicted molar refractivity (Wildman–Crippen MR) is 84.0 cm³/mol. The molecule has 3 atom stereocenters. The summed E-state index contributed by atoms with van der Waals surface area (Å²) in [6.07, 6.45) is -1.37. The van der Waals surface area contributed by atoms with Crippen LogP contribution < -0.4 is 5.32 Å². The first-order valence-corrected chi connectivity index (χ1v) is 8.16. The number of hydrogen-bond donors (Lipinski definition) is 1. The minimum atomic E-state index is -4.43. The van der Waals surface area contributed by atoms with Gasteiger partial charge in [-0.15, -0.1) is 0 Å². The van der Waals surface area contributed by atoms with Crippen LogP contribution in [0, 0.1) is 17.8 Å². The van der Waals surface area contributed by atoms with E-state index in [2.05, 4.69) is 26.1 Å². The highest BCUT2D eigenvalue weighted by atomic mass is 19.4. The Balaban J connectivity index is 2.14. The maximum Gasteiger partial charge on any atom is 0.416 e. The standard InChI is InChI=1S/C18H24F3NO/c1-11(2)15-8-7-12(3)9-16(15)22-17(23)13-5-4-6-14(10-13)18(19,20)21/h4-6,10-12,15-16H,7-9H2,1-3H3,(H,22,23)/t12-,15-,16+/m1/s1. The van der Waals surface area contributed by atoms with Gasteiger partial charge in [-0.05, 0) is 48.8 Å². The fourth-order valence-electron chi connectivity index (χ4n) is 3.46. The number of hydrogen-bond acceptors (Lipinski definition) is 1. The largest absolute Gasteiger partial charge is 0.416 e. The van der Waals surface area contributed by atoms with Gasteiger partial charge in [-0.1, -0.05) is 33.3 Å². The first-order valence-electron chi connectivity index (χ1n) is 8.16. The van der Waals surface area contributed by atoms with Crippen molar-refractivity contribution in [2.45, 2.75) is 52.3 Å². The van der Waals surface area contributed by atoms with E-state index in [0.29, 0.717) is 17.8 Å². The van der Waals surface area contributed by atoms with Crippen LogP contribution in [-0.2, 0) is 6.18 Å². The Kier molecular flexibility index (Phi) is 5.37. The molecule has 128 valence electrons. The second-order valence-corrected chi connectivity index (χ2v) is 6.98. The zero-order chi connectivity index (χ0) is 17.2. The van der Waals surface area contributed by atoms with Gasteiger partial charge in [0.05, 0.1) is 5.56 Å². The molecule has 0 aromatic heterocycles. The number of carbonyl (C=O) groups excluding carboxylic acids is 1. The van der Waals surface area contributed by atoms with Crippen molar-refractivity contribution in [2.75, 3.05) is 0 Å². The Morgan fingerprint density at radius 2 is 1.96 bits per heavy atom. The third-order valence-electron chi connectivity index (χ3n) is 4.79. The van der Waals surface area contributed by atoms with Crippen LogP contribution in [0.2, 0.25) is 0 Å². The monoisotopic (exact) mass is 327 g/mol. The fourth-order valence-corrected chi connectivity index (χ4v) is 3.46. The summed E-state index contributed by atoms with van der Waals surface area (Å²) < 4.78 is 38.3. The molecule has 1 fully saturated rings. The molecule has 2 rings (SSSR count). The quantitative estimate of drug-likeness (QED) is 0.841. The Bertz CT molecular complexity index is 553. The van der Waals surface area contributed by atoms with E-state index in [4.69, 9.17) is 0 Å². The molecular weight excluding hydrogens is 303 g/mol. The Labute approximate surface area is 135 Å². The second kappa shape index (κ2) is 6.93. The van der Waals surface area contributed by atoms with Gasteiger partial charge in [0.25, 0.3) is 5.91 Å². The summed E-state index contributed by atoms with van der Waals surface area (Å²) >= 11 is 0. The summed E-state index contributed by atoms with van der Waals surface area (Å²) in [5.41, 5.74) is -0.719. The van der Waals surface area contributed by atoms with Crippen molar-refractivity contribution in [2.24, 2.45) is 17.8 Å². The van der Waals surface area contributed by atoms with Gasteiger partial charge in [0.1, 0.15) is 0 Å².